The fourth-order valence-electron chi connectivity index (χ4n) is 4.20. The van der Waals surface area contributed by atoms with Crippen molar-refractivity contribution >= 4 is 10.0 Å². The highest BCUT2D eigenvalue weighted by Gasteiger charge is 2.34. The molecule has 2 aliphatic rings. The van der Waals surface area contributed by atoms with Gasteiger partial charge in [-0.25, -0.2) is 13.1 Å². The van der Waals surface area contributed by atoms with E-state index in [9.17, 15) is 8.42 Å². The smallest absolute Gasteiger partial charge is 0.244 e. The summed E-state index contributed by atoms with van der Waals surface area (Å²) in [7, 11) is -3.55. The zero-order valence-corrected chi connectivity index (χ0v) is 16.9. The van der Waals surface area contributed by atoms with E-state index < -0.39 is 10.0 Å². The van der Waals surface area contributed by atoms with E-state index in [4.69, 9.17) is 5.10 Å². The van der Waals surface area contributed by atoms with Crippen LogP contribution in [-0.4, -0.2) is 24.2 Å². The number of hydrogen-bond acceptors (Lipinski definition) is 3. The van der Waals surface area contributed by atoms with Gasteiger partial charge in [-0.05, 0) is 31.6 Å². The van der Waals surface area contributed by atoms with Gasteiger partial charge in [-0.3, -0.25) is 4.68 Å². The Morgan fingerprint density at radius 3 is 2.28 bits per heavy atom. The Bertz CT molecular complexity index is 697. The molecule has 1 aromatic rings. The molecule has 142 valence electrons. The van der Waals surface area contributed by atoms with Gasteiger partial charge in [-0.1, -0.05) is 53.4 Å². The Morgan fingerprint density at radius 1 is 1.08 bits per heavy atom. The van der Waals surface area contributed by atoms with Crippen LogP contribution >= 0.6 is 0 Å². The Hall–Kier alpha value is -0.880. The Balaban J connectivity index is 1.93. The van der Waals surface area contributed by atoms with Crippen molar-refractivity contribution in [1.29, 1.82) is 0 Å². The van der Waals surface area contributed by atoms with Crippen LogP contribution in [0.15, 0.2) is 11.1 Å². The Morgan fingerprint density at radius 2 is 1.68 bits per heavy atom. The summed E-state index contributed by atoms with van der Waals surface area (Å²) in [6, 6.07) is 0.389. The third kappa shape index (κ3) is 4.11. The number of nitrogens with zero attached hydrogens (tertiary/aromatic N) is 2. The van der Waals surface area contributed by atoms with E-state index in [-0.39, 0.29) is 11.5 Å². The molecule has 2 saturated carbocycles. The Labute approximate surface area is 152 Å². The largest absolute Gasteiger partial charge is 0.268 e. The zero-order chi connectivity index (χ0) is 18.2. The molecule has 0 spiro atoms. The van der Waals surface area contributed by atoms with Crippen molar-refractivity contribution in [2.24, 2.45) is 5.92 Å². The maximum Gasteiger partial charge on any atom is 0.244 e. The highest BCUT2D eigenvalue weighted by molar-refractivity contribution is 7.89. The van der Waals surface area contributed by atoms with E-state index in [0.29, 0.717) is 22.5 Å². The second-order valence-corrected chi connectivity index (χ2v) is 10.7. The van der Waals surface area contributed by atoms with Crippen LogP contribution in [0.3, 0.4) is 0 Å². The highest BCUT2D eigenvalue weighted by Crippen LogP contribution is 2.34. The van der Waals surface area contributed by atoms with Gasteiger partial charge in [-0.15, -0.1) is 0 Å². The first-order valence-corrected chi connectivity index (χ1v) is 11.3. The number of hydrogen-bond donors (Lipinski definition) is 1. The average Bonchev–Trinajstić information content (AvgIpc) is 3.17. The molecule has 2 aliphatic carbocycles. The summed E-state index contributed by atoms with van der Waals surface area (Å²) in [6.45, 7) is 8.27. The maximum absolute atomic E-state index is 13.2. The van der Waals surface area contributed by atoms with Crippen LogP contribution in [0.1, 0.15) is 90.8 Å². The summed E-state index contributed by atoms with van der Waals surface area (Å²) in [4.78, 5) is 0.379. The normalized spacial score (nSPS) is 26.2. The number of nitrogens with one attached hydrogen (secondary N) is 1. The van der Waals surface area contributed by atoms with Gasteiger partial charge in [0.2, 0.25) is 10.0 Å². The predicted molar refractivity (Wildman–Crippen MR) is 100 cm³/mol. The first-order valence-electron chi connectivity index (χ1n) is 9.80. The van der Waals surface area contributed by atoms with Crippen LogP contribution in [0.25, 0.3) is 0 Å². The van der Waals surface area contributed by atoms with Crippen molar-refractivity contribution in [2.45, 2.75) is 101 Å². The molecule has 0 radical (unpaired) electrons. The summed E-state index contributed by atoms with van der Waals surface area (Å²) in [6.07, 6.45) is 10.7. The molecule has 25 heavy (non-hydrogen) atoms. The monoisotopic (exact) mass is 367 g/mol. The minimum absolute atomic E-state index is 0.0430. The van der Waals surface area contributed by atoms with E-state index in [1.54, 1.807) is 6.20 Å². The summed E-state index contributed by atoms with van der Waals surface area (Å²) in [5.41, 5.74) is 0.391. The van der Waals surface area contributed by atoms with Crippen molar-refractivity contribution in [3.05, 3.63) is 11.9 Å². The molecule has 6 heteroatoms. The quantitative estimate of drug-likeness (QED) is 0.869. The lowest BCUT2D eigenvalue weighted by molar-refractivity contribution is 0.310. The number of sulfonamides is 1. The molecule has 0 aliphatic heterocycles. The SMILES string of the molecule is CC1CCCCC1NS(=O)(=O)c1cn(C2CCCC2)nc1C(C)(C)C. The van der Waals surface area contributed by atoms with Crippen molar-refractivity contribution in [3.8, 4) is 0 Å². The van der Waals surface area contributed by atoms with Gasteiger partial charge >= 0.3 is 0 Å². The number of rotatable bonds is 4. The summed E-state index contributed by atoms with van der Waals surface area (Å²) in [5.74, 6) is 0.395. The van der Waals surface area contributed by atoms with Gasteiger partial charge in [0.25, 0.3) is 0 Å². The first kappa shape index (κ1) is 18.9. The van der Waals surface area contributed by atoms with E-state index in [2.05, 4.69) is 11.6 Å². The summed E-state index contributed by atoms with van der Waals surface area (Å²) in [5, 5.41) is 4.74. The molecule has 3 rings (SSSR count). The lowest BCUT2D eigenvalue weighted by Crippen LogP contribution is -2.41. The fourth-order valence-corrected chi connectivity index (χ4v) is 5.93. The third-order valence-electron chi connectivity index (χ3n) is 5.82. The van der Waals surface area contributed by atoms with Crippen LogP contribution in [-0.2, 0) is 15.4 Å². The van der Waals surface area contributed by atoms with Crippen LogP contribution < -0.4 is 4.72 Å². The van der Waals surface area contributed by atoms with Crippen molar-refractivity contribution in [1.82, 2.24) is 14.5 Å². The minimum Gasteiger partial charge on any atom is -0.268 e. The lowest BCUT2D eigenvalue weighted by atomic mass is 9.87. The van der Waals surface area contributed by atoms with E-state index >= 15 is 0 Å². The minimum atomic E-state index is -3.55. The lowest BCUT2D eigenvalue weighted by Gasteiger charge is -2.29. The standard InChI is InChI=1S/C19H33N3O2S/c1-14-9-5-8-12-16(14)21-25(23,24)17-13-22(15-10-6-7-11-15)20-18(17)19(2,3)4/h13-16,21H,5-12H2,1-4H3. The van der Waals surface area contributed by atoms with E-state index in [1.165, 1.54) is 19.3 Å². The predicted octanol–water partition coefficient (Wildman–Crippen LogP) is 4.15. The fraction of sp³-hybridized carbons (Fsp3) is 0.842. The van der Waals surface area contributed by atoms with Gasteiger partial charge in [0.05, 0.1) is 11.7 Å². The molecule has 1 aromatic heterocycles. The first-order chi connectivity index (χ1) is 11.7. The third-order valence-corrected chi connectivity index (χ3v) is 7.31. The van der Waals surface area contributed by atoms with Crippen LogP contribution in [0.4, 0.5) is 0 Å². The highest BCUT2D eigenvalue weighted by atomic mass is 32.2. The van der Waals surface area contributed by atoms with Crippen molar-refractivity contribution in [2.75, 3.05) is 0 Å². The molecule has 0 aromatic carbocycles. The molecule has 0 saturated heterocycles. The molecular formula is C19H33N3O2S. The summed E-state index contributed by atoms with van der Waals surface area (Å²) >= 11 is 0. The summed E-state index contributed by atoms with van der Waals surface area (Å²) < 4.78 is 31.3. The van der Waals surface area contributed by atoms with Gasteiger partial charge in [-0.2, -0.15) is 5.10 Å². The second-order valence-electron chi connectivity index (χ2n) is 9.00. The molecule has 2 atom stereocenters. The molecular weight excluding hydrogens is 334 g/mol. The topological polar surface area (TPSA) is 64.0 Å². The molecule has 0 amide bonds. The average molecular weight is 368 g/mol. The van der Waals surface area contributed by atoms with Gasteiger partial charge in [0, 0.05) is 17.7 Å². The van der Waals surface area contributed by atoms with Crippen molar-refractivity contribution < 1.29 is 8.42 Å². The molecule has 2 fully saturated rings. The Kier molecular flexibility index (Phi) is 5.31. The van der Waals surface area contributed by atoms with Crippen LogP contribution in [0.2, 0.25) is 0 Å². The van der Waals surface area contributed by atoms with Gasteiger partial charge < -0.3 is 0 Å². The zero-order valence-electron chi connectivity index (χ0n) is 16.1. The molecule has 1 N–H and O–H groups in total. The number of aromatic nitrogens is 2. The van der Waals surface area contributed by atoms with Gasteiger partial charge in [0.15, 0.2) is 0 Å². The molecule has 5 nitrogen and oxygen atoms in total. The molecule has 0 bridgehead atoms. The van der Waals surface area contributed by atoms with Crippen LogP contribution in [0.5, 0.6) is 0 Å². The van der Waals surface area contributed by atoms with Gasteiger partial charge in [0.1, 0.15) is 4.90 Å². The molecule has 1 heterocycles. The molecule has 2 unspecified atom stereocenters. The van der Waals surface area contributed by atoms with E-state index in [0.717, 1.165) is 32.1 Å². The van der Waals surface area contributed by atoms with Crippen molar-refractivity contribution in [3.63, 3.8) is 0 Å². The maximum atomic E-state index is 13.2. The van der Waals surface area contributed by atoms with Crippen LogP contribution in [0, 0.1) is 5.92 Å². The van der Waals surface area contributed by atoms with E-state index in [1.807, 2.05) is 25.5 Å². The second kappa shape index (κ2) is 7.03.